The Labute approximate surface area is 144 Å². The van der Waals surface area contributed by atoms with E-state index in [0.29, 0.717) is 18.5 Å². The largest absolute Gasteiger partial charge is 0.348 e. The zero-order valence-corrected chi connectivity index (χ0v) is 14.8. The molecule has 0 saturated heterocycles. The molecule has 1 saturated carbocycles. The third-order valence-corrected chi connectivity index (χ3v) is 5.43. The topological polar surface area (TPSA) is 45.7 Å². The Morgan fingerprint density at radius 3 is 2.75 bits per heavy atom. The van der Waals surface area contributed by atoms with E-state index < -0.39 is 0 Å². The first-order valence-electron chi connectivity index (χ1n) is 9.25. The van der Waals surface area contributed by atoms with Crippen LogP contribution in [0.25, 0.3) is 10.8 Å². The summed E-state index contributed by atoms with van der Waals surface area (Å²) in [6, 6.07) is 15.5. The van der Waals surface area contributed by atoms with Crippen molar-refractivity contribution in [2.24, 2.45) is 5.92 Å². The van der Waals surface area contributed by atoms with Gasteiger partial charge < -0.3 is 10.6 Å². The van der Waals surface area contributed by atoms with Crippen molar-refractivity contribution < 1.29 is 10.1 Å². The summed E-state index contributed by atoms with van der Waals surface area (Å²) in [6.45, 7) is 4.93. The standard InChI is InChI=1S/C21H28N2O/c1-15-8-3-6-13-20(15)23-21(24)14-22-16(2)18-12-7-10-17-9-4-5-11-19(17)18/h4-5,7,9-12,15-16,20,22H,3,6,8,13-14H2,1-2H3,(H,23,24)/p+1/t15-,16-,20-/m0/s1. The van der Waals surface area contributed by atoms with E-state index in [1.807, 2.05) is 0 Å². The third kappa shape index (κ3) is 3.96. The van der Waals surface area contributed by atoms with Gasteiger partial charge in [-0.15, -0.1) is 0 Å². The molecule has 0 unspecified atom stereocenters. The lowest BCUT2D eigenvalue weighted by molar-refractivity contribution is -0.682. The van der Waals surface area contributed by atoms with Gasteiger partial charge in [0.15, 0.2) is 6.54 Å². The molecule has 3 N–H and O–H groups in total. The quantitative estimate of drug-likeness (QED) is 0.871. The number of hydrogen-bond donors (Lipinski definition) is 2. The van der Waals surface area contributed by atoms with Crippen molar-refractivity contribution in [3.63, 3.8) is 0 Å². The van der Waals surface area contributed by atoms with Gasteiger partial charge in [-0.3, -0.25) is 4.79 Å². The molecule has 1 amide bonds. The van der Waals surface area contributed by atoms with Crippen LogP contribution in [0.4, 0.5) is 0 Å². The SMILES string of the molecule is C[C@H]([NH2+]CC(=O)N[C@H]1CCCC[C@@H]1C)c1cccc2ccccc12. The fraction of sp³-hybridized carbons (Fsp3) is 0.476. The van der Waals surface area contributed by atoms with Gasteiger partial charge in [-0.25, -0.2) is 0 Å². The number of quaternary nitrogens is 1. The van der Waals surface area contributed by atoms with Gasteiger partial charge in [0.1, 0.15) is 6.04 Å². The van der Waals surface area contributed by atoms with Crippen LogP contribution in [0.2, 0.25) is 0 Å². The zero-order chi connectivity index (χ0) is 16.9. The van der Waals surface area contributed by atoms with Gasteiger partial charge in [-0.2, -0.15) is 0 Å². The van der Waals surface area contributed by atoms with E-state index in [1.165, 1.54) is 35.6 Å². The Kier molecular flexibility index (Phi) is 5.52. The molecule has 1 aliphatic carbocycles. The number of rotatable bonds is 5. The molecule has 128 valence electrons. The molecule has 0 heterocycles. The first-order chi connectivity index (χ1) is 11.6. The minimum absolute atomic E-state index is 0.167. The molecular formula is C21H29N2O+. The minimum atomic E-state index is 0.167. The summed E-state index contributed by atoms with van der Waals surface area (Å²) >= 11 is 0. The Hall–Kier alpha value is -1.87. The Morgan fingerprint density at radius 2 is 1.92 bits per heavy atom. The summed E-state index contributed by atoms with van der Waals surface area (Å²) in [5.74, 6) is 0.777. The Balaban J connectivity index is 1.58. The van der Waals surface area contributed by atoms with Crippen LogP contribution >= 0.6 is 0 Å². The lowest BCUT2D eigenvalue weighted by Crippen LogP contribution is -2.87. The van der Waals surface area contributed by atoms with E-state index in [0.717, 1.165) is 6.42 Å². The van der Waals surface area contributed by atoms with Crippen LogP contribution in [-0.2, 0) is 4.79 Å². The summed E-state index contributed by atoms with van der Waals surface area (Å²) in [7, 11) is 0. The summed E-state index contributed by atoms with van der Waals surface area (Å²) in [4.78, 5) is 12.3. The highest BCUT2D eigenvalue weighted by Crippen LogP contribution is 2.24. The highest BCUT2D eigenvalue weighted by Gasteiger charge is 2.23. The van der Waals surface area contributed by atoms with Crippen molar-refractivity contribution in [1.82, 2.24) is 5.32 Å². The average molecular weight is 325 g/mol. The maximum absolute atomic E-state index is 12.3. The number of nitrogens with two attached hydrogens (primary N) is 1. The van der Waals surface area contributed by atoms with E-state index in [1.54, 1.807) is 0 Å². The van der Waals surface area contributed by atoms with Crippen molar-refractivity contribution in [2.45, 2.75) is 51.6 Å². The van der Waals surface area contributed by atoms with Gasteiger partial charge in [0, 0.05) is 11.6 Å². The first kappa shape index (κ1) is 17.0. The average Bonchev–Trinajstić information content (AvgIpc) is 2.61. The monoisotopic (exact) mass is 325 g/mol. The number of benzene rings is 2. The fourth-order valence-corrected chi connectivity index (χ4v) is 3.85. The molecule has 3 atom stereocenters. The van der Waals surface area contributed by atoms with Crippen LogP contribution in [0.1, 0.15) is 51.1 Å². The molecular weight excluding hydrogens is 296 g/mol. The van der Waals surface area contributed by atoms with Crippen molar-refractivity contribution in [1.29, 1.82) is 0 Å². The molecule has 3 heteroatoms. The second-order valence-corrected chi connectivity index (χ2v) is 7.23. The van der Waals surface area contributed by atoms with E-state index >= 15 is 0 Å². The van der Waals surface area contributed by atoms with E-state index in [2.05, 4.69) is 66.9 Å². The van der Waals surface area contributed by atoms with Crippen molar-refractivity contribution in [2.75, 3.05) is 6.54 Å². The van der Waals surface area contributed by atoms with Crippen molar-refractivity contribution in [3.05, 3.63) is 48.0 Å². The molecule has 2 aromatic carbocycles. The number of carbonyl (C=O) groups is 1. The van der Waals surface area contributed by atoms with Crippen molar-refractivity contribution in [3.8, 4) is 0 Å². The number of hydrogen-bond acceptors (Lipinski definition) is 1. The predicted octanol–water partition coefficient (Wildman–Crippen LogP) is 3.16. The van der Waals surface area contributed by atoms with Gasteiger partial charge in [-0.05, 0) is 36.5 Å². The molecule has 3 rings (SSSR count). The minimum Gasteiger partial charge on any atom is -0.348 e. The van der Waals surface area contributed by atoms with Crippen LogP contribution < -0.4 is 10.6 Å². The van der Waals surface area contributed by atoms with Crippen LogP contribution in [0.3, 0.4) is 0 Å². The fourth-order valence-electron chi connectivity index (χ4n) is 3.85. The van der Waals surface area contributed by atoms with Gasteiger partial charge in [0.05, 0.1) is 0 Å². The highest BCUT2D eigenvalue weighted by atomic mass is 16.2. The van der Waals surface area contributed by atoms with Gasteiger partial charge in [-0.1, -0.05) is 62.2 Å². The molecule has 24 heavy (non-hydrogen) atoms. The molecule has 3 nitrogen and oxygen atoms in total. The number of fused-ring (bicyclic) bond motifs is 1. The lowest BCUT2D eigenvalue weighted by Gasteiger charge is -2.29. The predicted molar refractivity (Wildman–Crippen MR) is 98.7 cm³/mol. The zero-order valence-electron chi connectivity index (χ0n) is 14.8. The Bertz CT molecular complexity index is 692. The lowest BCUT2D eigenvalue weighted by atomic mass is 9.86. The summed E-state index contributed by atoms with van der Waals surface area (Å²) in [6.07, 6.45) is 4.91. The molecule has 0 spiro atoms. The normalized spacial score (nSPS) is 22.2. The summed E-state index contributed by atoms with van der Waals surface area (Å²) in [5, 5.41) is 7.93. The van der Waals surface area contributed by atoms with Gasteiger partial charge in [0.2, 0.25) is 0 Å². The van der Waals surface area contributed by atoms with Crippen LogP contribution in [0, 0.1) is 5.92 Å². The van der Waals surface area contributed by atoms with Crippen LogP contribution in [0.5, 0.6) is 0 Å². The van der Waals surface area contributed by atoms with E-state index in [9.17, 15) is 4.79 Å². The third-order valence-electron chi connectivity index (χ3n) is 5.43. The second-order valence-electron chi connectivity index (χ2n) is 7.23. The maximum atomic E-state index is 12.3. The summed E-state index contributed by atoms with van der Waals surface area (Å²) < 4.78 is 0. The maximum Gasteiger partial charge on any atom is 0.275 e. The number of carbonyl (C=O) groups excluding carboxylic acids is 1. The molecule has 0 aliphatic heterocycles. The molecule has 0 radical (unpaired) electrons. The summed E-state index contributed by atoms with van der Waals surface area (Å²) in [5.41, 5.74) is 1.30. The highest BCUT2D eigenvalue weighted by molar-refractivity contribution is 5.86. The Morgan fingerprint density at radius 1 is 1.17 bits per heavy atom. The molecule has 2 aromatic rings. The van der Waals surface area contributed by atoms with E-state index in [-0.39, 0.29) is 11.9 Å². The van der Waals surface area contributed by atoms with Crippen molar-refractivity contribution >= 4 is 16.7 Å². The first-order valence-corrected chi connectivity index (χ1v) is 9.25. The smallest absolute Gasteiger partial charge is 0.275 e. The van der Waals surface area contributed by atoms with Gasteiger partial charge in [0.25, 0.3) is 5.91 Å². The van der Waals surface area contributed by atoms with Gasteiger partial charge >= 0.3 is 0 Å². The van der Waals surface area contributed by atoms with E-state index in [4.69, 9.17) is 0 Å². The molecule has 1 aliphatic rings. The van der Waals surface area contributed by atoms with Crippen LogP contribution in [-0.4, -0.2) is 18.5 Å². The van der Waals surface area contributed by atoms with Crippen LogP contribution in [0.15, 0.2) is 42.5 Å². The number of nitrogens with one attached hydrogen (secondary N) is 1. The molecule has 1 fully saturated rings. The molecule has 0 bridgehead atoms. The molecule has 0 aromatic heterocycles. The second kappa shape index (κ2) is 7.80. The number of amides is 1.